The first-order valence-corrected chi connectivity index (χ1v) is 7.15. The van der Waals surface area contributed by atoms with E-state index in [0.29, 0.717) is 29.6 Å². The van der Waals surface area contributed by atoms with Crippen molar-refractivity contribution in [2.45, 2.75) is 20.0 Å². The van der Waals surface area contributed by atoms with Gasteiger partial charge in [0.2, 0.25) is 5.82 Å². The fourth-order valence-electron chi connectivity index (χ4n) is 2.28. The van der Waals surface area contributed by atoms with E-state index in [0.717, 1.165) is 0 Å². The van der Waals surface area contributed by atoms with Gasteiger partial charge >= 0.3 is 5.69 Å². The first kappa shape index (κ1) is 16.6. The van der Waals surface area contributed by atoms with E-state index in [-0.39, 0.29) is 11.8 Å². The number of aromatic nitrogens is 2. The summed E-state index contributed by atoms with van der Waals surface area (Å²) in [6, 6.07) is 7.33. The van der Waals surface area contributed by atoms with Crippen molar-refractivity contribution in [2.75, 3.05) is 19.0 Å². The van der Waals surface area contributed by atoms with E-state index >= 15 is 0 Å². The van der Waals surface area contributed by atoms with Crippen LogP contribution in [0.1, 0.15) is 12.6 Å². The lowest BCUT2D eigenvalue weighted by Crippen LogP contribution is -2.24. The molecule has 1 N–H and O–H groups in total. The Labute approximate surface area is 134 Å². The fraction of sp³-hybridized carbons (Fsp3) is 0.400. The Bertz CT molecular complexity index is 699. The monoisotopic (exact) mass is 320 g/mol. The number of ether oxygens (including phenoxy) is 2. The Balaban J connectivity index is 2.05. The van der Waals surface area contributed by atoms with E-state index in [4.69, 9.17) is 9.47 Å². The maximum atomic E-state index is 11.1. The van der Waals surface area contributed by atoms with Crippen molar-refractivity contribution in [1.82, 2.24) is 9.78 Å². The van der Waals surface area contributed by atoms with Crippen LogP contribution in [0.2, 0.25) is 0 Å². The highest BCUT2D eigenvalue weighted by atomic mass is 16.6. The smallest absolute Gasteiger partial charge is 0.333 e. The maximum absolute atomic E-state index is 11.1. The quantitative estimate of drug-likeness (QED) is 0.622. The number of benzene rings is 1. The predicted octanol–water partition coefficient (Wildman–Crippen LogP) is 2.52. The van der Waals surface area contributed by atoms with Gasteiger partial charge in [-0.25, -0.2) is 4.68 Å². The fourth-order valence-corrected chi connectivity index (χ4v) is 2.28. The van der Waals surface area contributed by atoms with Gasteiger partial charge in [0, 0.05) is 7.05 Å². The van der Waals surface area contributed by atoms with Gasteiger partial charge in [0.25, 0.3) is 0 Å². The van der Waals surface area contributed by atoms with Gasteiger partial charge in [-0.2, -0.15) is 5.10 Å². The first-order chi connectivity index (χ1) is 10.9. The van der Waals surface area contributed by atoms with E-state index in [2.05, 4.69) is 10.4 Å². The molecule has 0 aliphatic carbocycles. The molecule has 0 fully saturated rings. The molecule has 1 heterocycles. The molecule has 124 valence electrons. The summed E-state index contributed by atoms with van der Waals surface area (Å²) >= 11 is 0. The molecule has 2 rings (SSSR count). The van der Waals surface area contributed by atoms with Gasteiger partial charge in [-0.1, -0.05) is 12.1 Å². The second-order valence-corrected chi connectivity index (χ2v) is 5.12. The minimum absolute atomic E-state index is 0.0167. The average molecular weight is 320 g/mol. The summed E-state index contributed by atoms with van der Waals surface area (Å²) in [6.07, 6.45) is -0.221. The molecule has 0 spiro atoms. The summed E-state index contributed by atoms with van der Waals surface area (Å²) in [5, 5.41) is 18.2. The topological polar surface area (TPSA) is 91.4 Å². The van der Waals surface area contributed by atoms with E-state index < -0.39 is 4.92 Å². The van der Waals surface area contributed by atoms with Gasteiger partial charge in [0.1, 0.15) is 11.8 Å². The van der Waals surface area contributed by atoms with Crippen molar-refractivity contribution in [2.24, 2.45) is 7.05 Å². The van der Waals surface area contributed by atoms with Crippen molar-refractivity contribution in [3.05, 3.63) is 40.1 Å². The van der Waals surface area contributed by atoms with Crippen LogP contribution in [0.3, 0.4) is 0 Å². The molecule has 1 atom stereocenters. The predicted molar refractivity (Wildman–Crippen MR) is 86.2 cm³/mol. The average Bonchev–Trinajstić information content (AvgIpc) is 2.79. The number of nitrogens with zero attached hydrogens (tertiary/aromatic N) is 3. The number of hydrogen-bond donors (Lipinski definition) is 1. The third-order valence-corrected chi connectivity index (χ3v) is 3.33. The number of aryl methyl sites for hydroxylation is 2. The van der Waals surface area contributed by atoms with Crippen LogP contribution in [0.25, 0.3) is 0 Å². The number of para-hydroxylation sites is 2. The van der Waals surface area contributed by atoms with Crippen LogP contribution in [-0.2, 0) is 7.05 Å². The number of anilines is 1. The van der Waals surface area contributed by atoms with Crippen LogP contribution in [0.5, 0.6) is 11.5 Å². The summed E-state index contributed by atoms with van der Waals surface area (Å²) in [4.78, 5) is 10.7. The molecule has 0 saturated heterocycles. The zero-order valence-electron chi connectivity index (χ0n) is 13.6. The highest BCUT2D eigenvalue weighted by Crippen LogP contribution is 2.29. The molecule has 1 aromatic heterocycles. The third-order valence-electron chi connectivity index (χ3n) is 3.33. The number of nitro groups is 1. The van der Waals surface area contributed by atoms with Crippen molar-refractivity contribution < 1.29 is 14.4 Å². The Morgan fingerprint density at radius 2 is 2.04 bits per heavy atom. The zero-order chi connectivity index (χ0) is 17.0. The Kier molecular flexibility index (Phi) is 5.05. The van der Waals surface area contributed by atoms with Crippen molar-refractivity contribution in [3.63, 3.8) is 0 Å². The molecule has 0 aliphatic rings. The van der Waals surface area contributed by atoms with Gasteiger partial charge in [-0.15, -0.1) is 0 Å². The number of rotatable bonds is 7. The lowest BCUT2D eigenvalue weighted by Gasteiger charge is -2.17. The summed E-state index contributed by atoms with van der Waals surface area (Å²) in [6.45, 7) is 3.87. The van der Waals surface area contributed by atoms with Gasteiger partial charge in [0.15, 0.2) is 11.5 Å². The second kappa shape index (κ2) is 6.99. The molecule has 0 amide bonds. The molecule has 0 aliphatic heterocycles. The number of methoxy groups -OCH3 is 1. The van der Waals surface area contributed by atoms with Crippen molar-refractivity contribution in [1.29, 1.82) is 0 Å². The molecular weight excluding hydrogens is 300 g/mol. The SMILES string of the molecule is COc1ccccc1O[C@H](C)CNc1c([N+](=O)[O-])c(C)nn1C. The molecule has 0 unspecified atom stereocenters. The van der Waals surface area contributed by atoms with Crippen molar-refractivity contribution in [3.8, 4) is 11.5 Å². The molecule has 2 aromatic rings. The van der Waals surface area contributed by atoms with Crippen molar-refractivity contribution >= 4 is 11.5 Å². The largest absolute Gasteiger partial charge is 0.493 e. The van der Waals surface area contributed by atoms with Gasteiger partial charge in [0.05, 0.1) is 18.6 Å². The Morgan fingerprint density at radius 1 is 1.39 bits per heavy atom. The molecule has 0 saturated carbocycles. The molecule has 8 heteroatoms. The lowest BCUT2D eigenvalue weighted by molar-refractivity contribution is -0.384. The van der Waals surface area contributed by atoms with Crippen LogP contribution >= 0.6 is 0 Å². The summed E-state index contributed by atoms with van der Waals surface area (Å²) in [5.74, 6) is 1.63. The second-order valence-electron chi connectivity index (χ2n) is 5.12. The lowest BCUT2D eigenvalue weighted by atomic mass is 10.3. The van der Waals surface area contributed by atoms with E-state index in [1.165, 1.54) is 4.68 Å². The van der Waals surface area contributed by atoms with Crippen LogP contribution in [-0.4, -0.2) is 34.5 Å². The summed E-state index contributed by atoms with van der Waals surface area (Å²) in [5.41, 5.74) is 0.357. The van der Waals surface area contributed by atoms with Gasteiger partial charge in [-0.05, 0) is 26.0 Å². The van der Waals surface area contributed by atoms with E-state index in [1.807, 2.05) is 31.2 Å². The standard InChI is InChI=1S/C15H20N4O4/c1-10(23-13-8-6-5-7-12(13)22-4)9-16-15-14(19(20)21)11(2)17-18(15)3/h5-8,10,16H,9H2,1-4H3/t10-/m1/s1. The number of nitrogens with one attached hydrogen (secondary N) is 1. The first-order valence-electron chi connectivity index (χ1n) is 7.15. The van der Waals surface area contributed by atoms with Gasteiger partial charge in [-0.3, -0.25) is 10.1 Å². The molecule has 0 radical (unpaired) electrons. The normalized spacial score (nSPS) is 11.8. The van der Waals surface area contributed by atoms with Gasteiger partial charge < -0.3 is 14.8 Å². The van der Waals surface area contributed by atoms with E-state index in [1.54, 1.807) is 21.1 Å². The van der Waals surface area contributed by atoms with Crippen LogP contribution in [0.4, 0.5) is 11.5 Å². The molecule has 23 heavy (non-hydrogen) atoms. The number of hydrogen-bond acceptors (Lipinski definition) is 6. The minimum Gasteiger partial charge on any atom is -0.493 e. The Morgan fingerprint density at radius 3 is 2.65 bits per heavy atom. The molecule has 0 bridgehead atoms. The van der Waals surface area contributed by atoms with Crippen LogP contribution < -0.4 is 14.8 Å². The Hall–Kier alpha value is -2.77. The minimum atomic E-state index is -0.434. The third kappa shape index (κ3) is 3.71. The zero-order valence-corrected chi connectivity index (χ0v) is 13.6. The van der Waals surface area contributed by atoms with E-state index in [9.17, 15) is 10.1 Å². The highest BCUT2D eigenvalue weighted by Gasteiger charge is 2.24. The molecule has 1 aromatic carbocycles. The summed E-state index contributed by atoms with van der Waals surface area (Å²) < 4.78 is 12.5. The summed E-state index contributed by atoms with van der Waals surface area (Å²) in [7, 11) is 3.24. The maximum Gasteiger partial charge on any atom is 0.333 e. The molecular formula is C15H20N4O4. The highest BCUT2D eigenvalue weighted by molar-refractivity contribution is 5.59. The van der Waals surface area contributed by atoms with Crippen LogP contribution in [0, 0.1) is 17.0 Å². The molecule has 8 nitrogen and oxygen atoms in total. The van der Waals surface area contributed by atoms with Crippen LogP contribution in [0.15, 0.2) is 24.3 Å².